The zero-order chi connectivity index (χ0) is 28.2. The second-order valence-corrected chi connectivity index (χ2v) is 10.1. The summed E-state index contributed by atoms with van der Waals surface area (Å²) in [5.74, 6) is 1.43. The molecule has 0 aliphatic rings. The molecule has 2 heterocycles. The fourth-order valence-corrected chi connectivity index (χ4v) is 3.85. The largest absolute Gasteiger partial charge is 0.489 e. The number of H-pyrrole nitrogens is 1. The lowest BCUT2D eigenvalue weighted by molar-refractivity contribution is -0.114. The molecule has 5 N–H and O–H groups in total. The second-order valence-electron chi connectivity index (χ2n) is 9.67. The third kappa shape index (κ3) is 6.95. The highest BCUT2D eigenvalue weighted by molar-refractivity contribution is 6.34. The highest BCUT2D eigenvalue weighted by Crippen LogP contribution is 2.37. The van der Waals surface area contributed by atoms with Crippen LogP contribution in [0.3, 0.4) is 0 Å². The first kappa shape index (κ1) is 27.7. The highest BCUT2D eigenvalue weighted by atomic mass is 35.5. The van der Waals surface area contributed by atoms with E-state index in [0.717, 1.165) is 5.69 Å². The van der Waals surface area contributed by atoms with E-state index in [1.165, 1.54) is 6.92 Å². The number of hydrogen-bond acceptors (Lipinski definition) is 7. The fourth-order valence-electron chi connectivity index (χ4n) is 3.63. The van der Waals surface area contributed by atoms with Crippen LogP contribution in [0.5, 0.6) is 17.2 Å². The number of benzene rings is 2. The number of nitrogens with one attached hydrogen (secondary N) is 4. The van der Waals surface area contributed by atoms with Crippen molar-refractivity contribution in [2.45, 2.75) is 33.1 Å². The number of urea groups is 1. The summed E-state index contributed by atoms with van der Waals surface area (Å²) >= 11 is 6.44. The average molecular weight is 553 g/mol. The van der Waals surface area contributed by atoms with Gasteiger partial charge in [0.15, 0.2) is 0 Å². The Morgan fingerprint density at radius 1 is 1.03 bits per heavy atom. The van der Waals surface area contributed by atoms with Crippen LogP contribution in [0.1, 0.15) is 33.4 Å². The first-order valence-electron chi connectivity index (χ1n) is 12.1. The molecule has 2 aromatic heterocycles. The Labute approximate surface area is 229 Å². The minimum absolute atomic E-state index is 0.0605. The summed E-state index contributed by atoms with van der Waals surface area (Å²) in [5, 5.41) is 25.2. The van der Waals surface area contributed by atoms with E-state index in [1.54, 1.807) is 48.7 Å². The van der Waals surface area contributed by atoms with Crippen LogP contribution >= 0.6 is 11.6 Å². The molecule has 0 bridgehead atoms. The molecular formula is C27H29ClN6O5. The molecule has 0 aliphatic heterocycles. The molecule has 2 aromatic carbocycles. The van der Waals surface area contributed by atoms with Gasteiger partial charge < -0.3 is 25.2 Å². The van der Waals surface area contributed by atoms with Crippen LogP contribution in [0.2, 0.25) is 5.02 Å². The lowest BCUT2D eigenvalue weighted by Gasteiger charge is -2.15. The number of pyridine rings is 1. The Kier molecular flexibility index (Phi) is 8.22. The molecule has 0 saturated heterocycles. The summed E-state index contributed by atoms with van der Waals surface area (Å²) in [6.07, 6.45) is 1.58. The highest BCUT2D eigenvalue weighted by Gasteiger charge is 2.18. The molecule has 0 aliphatic carbocycles. The molecule has 4 aromatic rings. The predicted octanol–water partition coefficient (Wildman–Crippen LogP) is 5.67. The summed E-state index contributed by atoms with van der Waals surface area (Å²) in [4.78, 5) is 28.6. The number of aromatic nitrogens is 3. The Hall–Kier alpha value is -4.35. The van der Waals surface area contributed by atoms with Gasteiger partial charge in [-0.05, 0) is 24.3 Å². The lowest BCUT2D eigenvalue weighted by Crippen LogP contribution is -2.19. The van der Waals surface area contributed by atoms with Gasteiger partial charge in [-0.1, -0.05) is 32.4 Å². The molecule has 0 atom stereocenters. The Morgan fingerprint density at radius 2 is 1.82 bits per heavy atom. The van der Waals surface area contributed by atoms with Gasteiger partial charge in [0.25, 0.3) is 0 Å². The van der Waals surface area contributed by atoms with Gasteiger partial charge in [-0.3, -0.25) is 20.2 Å². The van der Waals surface area contributed by atoms with Gasteiger partial charge in [0.1, 0.15) is 29.7 Å². The molecule has 204 valence electrons. The maximum Gasteiger partial charge on any atom is 0.324 e. The Balaban J connectivity index is 1.51. The van der Waals surface area contributed by atoms with Gasteiger partial charge in [-0.15, -0.1) is 0 Å². The molecule has 39 heavy (non-hydrogen) atoms. The van der Waals surface area contributed by atoms with E-state index in [0.29, 0.717) is 45.3 Å². The maximum absolute atomic E-state index is 12.5. The van der Waals surface area contributed by atoms with E-state index in [2.05, 4.69) is 31.1 Å². The minimum atomic E-state index is -0.487. The molecule has 0 radical (unpaired) electrons. The first-order valence-corrected chi connectivity index (χ1v) is 12.5. The second kappa shape index (κ2) is 11.6. The SMILES string of the molecule is CC(=O)Nc1cc2c(Oc3ccc(NC(=O)Nc4cc(C(C)(C)C)n[nH]4)c(Cl)c3)ccnc2cc1OCCO. The summed E-state index contributed by atoms with van der Waals surface area (Å²) in [5.41, 5.74) is 2.02. The van der Waals surface area contributed by atoms with Crippen LogP contribution in [-0.2, 0) is 10.2 Å². The van der Waals surface area contributed by atoms with E-state index in [1.807, 2.05) is 20.8 Å². The number of aromatic amines is 1. The fraction of sp³-hybridized carbons (Fsp3) is 0.259. The standard InChI is InChI=1S/C27H29ClN6O5/c1-15(36)30-21-12-17-20(13-23(21)38-10-9-35)29-8-7-22(17)39-16-5-6-19(18(28)11-16)31-26(37)32-25-14-24(33-34-25)27(2,3)4/h5-8,11-14,35H,9-10H2,1-4H3,(H,30,36)(H3,31,32,33,34,37). The van der Waals surface area contributed by atoms with Crippen LogP contribution in [0.15, 0.2) is 48.7 Å². The van der Waals surface area contributed by atoms with Crippen molar-refractivity contribution in [3.63, 3.8) is 0 Å². The number of halogens is 1. The van der Waals surface area contributed by atoms with Crippen LogP contribution in [0.25, 0.3) is 10.9 Å². The quantitative estimate of drug-likeness (QED) is 0.189. The van der Waals surface area contributed by atoms with E-state index >= 15 is 0 Å². The van der Waals surface area contributed by atoms with Crippen molar-refractivity contribution in [2.75, 3.05) is 29.2 Å². The van der Waals surface area contributed by atoms with Crippen molar-refractivity contribution >= 4 is 51.6 Å². The summed E-state index contributed by atoms with van der Waals surface area (Å²) in [6.45, 7) is 7.35. The monoisotopic (exact) mass is 552 g/mol. The number of carbonyl (C=O) groups is 2. The van der Waals surface area contributed by atoms with E-state index in [9.17, 15) is 9.59 Å². The average Bonchev–Trinajstić information content (AvgIpc) is 3.33. The summed E-state index contributed by atoms with van der Waals surface area (Å²) in [6, 6.07) is 11.2. The topological polar surface area (TPSA) is 150 Å². The van der Waals surface area contributed by atoms with Gasteiger partial charge >= 0.3 is 6.03 Å². The molecule has 3 amide bonds. The molecule has 4 rings (SSSR count). The molecule has 0 saturated carbocycles. The summed E-state index contributed by atoms with van der Waals surface area (Å²) < 4.78 is 11.6. The third-order valence-corrected chi connectivity index (χ3v) is 5.79. The molecule has 0 spiro atoms. The number of rotatable bonds is 8. The number of ether oxygens (including phenoxy) is 2. The van der Waals surface area contributed by atoms with Crippen LogP contribution in [0, 0.1) is 0 Å². The van der Waals surface area contributed by atoms with Crippen LogP contribution < -0.4 is 25.4 Å². The molecular weight excluding hydrogens is 524 g/mol. The zero-order valence-corrected chi connectivity index (χ0v) is 22.6. The van der Waals surface area contributed by atoms with Gasteiger partial charge in [0.05, 0.1) is 34.2 Å². The number of nitrogens with zero attached hydrogens (tertiary/aromatic N) is 2. The van der Waals surface area contributed by atoms with Crippen molar-refractivity contribution < 1.29 is 24.2 Å². The number of aliphatic hydroxyl groups excluding tert-OH is 1. The van der Waals surface area contributed by atoms with Gasteiger partial charge in [0, 0.05) is 42.1 Å². The van der Waals surface area contributed by atoms with Crippen LogP contribution in [0.4, 0.5) is 22.0 Å². The first-order chi connectivity index (χ1) is 18.5. The molecule has 12 heteroatoms. The molecule has 0 fully saturated rings. The predicted molar refractivity (Wildman–Crippen MR) is 150 cm³/mol. The van der Waals surface area contributed by atoms with Gasteiger partial charge in [-0.2, -0.15) is 5.10 Å². The Morgan fingerprint density at radius 3 is 2.49 bits per heavy atom. The number of carbonyl (C=O) groups excluding carboxylic acids is 2. The van der Waals surface area contributed by atoms with Crippen molar-refractivity contribution in [3.05, 3.63) is 59.4 Å². The maximum atomic E-state index is 12.5. The smallest absolute Gasteiger partial charge is 0.324 e. The normalized spacial score (nSPS) is 11.2. The number of amides is 3. The van der Waals surface area contributed by atoms with E-state index in [4.69, 9.17) is 26.2 Å². The van der Waals surface area contributed by atoms with Crippen molar-refractivity contribution in [3.8, 4) is 17.2 Å². The van der Waals surface area contributed by atoms with Crippen molar-refractivity contribution in [1.29, 1.82) is 0 Å². The number of anilines is 3. The van der Waals surface area contributed by atoms with Crippen LogP contribution in [-0.4, -0.2) is 45.4 Å². The Bertz CT molecular complexity index is 1510. The molecule has 11 nitrogen and oxygen atoms in total. The van der Waals surface area contributed by atoms with E-state index in [-0.39, 0.29) is 29.6 Å². The van der Waals surface area contributed by atoms with E-state index < -0.39 is 6.03 Å². The number of hydrogen-bond donors (Lipinski definition) is 5. The third-order valence-electron chi connectivity index (χ3n) is 5.47. The minimum Gasteiger partial charge on any atom is -0.489 e. The van der Waals surface area contributed by atoms with Crippen molar-refractivity contribution in [2.24, 2.45) is 0 Å². The number of fused-ring (bicyclic) bond motifs is 1. The van der Waals surface area contributed by atoms with Gasteiger partial charge in [-0.25, -0.2) is 4.79 Å². The zero-order valence-electron chi connectivity index (χ0n) is 21.9. The molecule has 0 unspecified atom stereocenters. The van der Waals surface area contributed by atoms with Crippen molar-refractivity contribution in [1.82, 2.24) is 15.2 Å². The number of aliphatic hydroxyl groups is 1. The summed E-state index contributed by atoms with van der Waals surface area (Å²) in [7, 11) is 0. The lowest BCUT2D eigenvalue weighted by atomic mass is 9.92. The van der Waals surface area contributed by atoms with Gasteiger partial charge in [0.2, 0.25) is 5.91 Å².